The number of nitrogens with one attached hydrogen (secondary N) is 2. The molecular weight excluding hydrogens is 260 g/mol. The first-order chi connectivity index (χ1) is 7.25. The van der Waals surface area contributed by atoms with Gasteiger partial charge in [-0.2, -0.15) is 5.10 Å². The van der Waals surface area contributed by atoms with Crippen LogP contribution >= 0.6 is 15.9 Å². The Balaban J connectivity index is 2.13. The van der Waals surface area contributed by atoms with Gasteiger partial charge in [-0.1, -0.05) is 6.07 Å². The fourth-order valence-corrected chi connectivity index (χ4v) is 1.39. The van der Waals surface area contributed by atoms with Crippen LogP contribution in [0.1, 0.15) is 10.5 Å². The number of halogens is 1. The average Bonchev–Trinajstić information content (AvgIpc) is 2.70. The van der Waals surface area contributed by atoms with Gasteiger partial charge < -0.3 is 5.32 Å². The predicted molar refractivity (Wildman–Crippen MR) is 58.5 cm³/mol. The van der Waals surface area contributed by atoms with Crippen LogP contribution in [0, 0.1) is 0 Å². The highest BCUT2D eigenvalue weighted by Crippen LogP contribution is 2.10. The van der Waals surface area contributed by atoms with Crippen LogP contribution in [0.3, 0.4) is 0 Å². The second kappa shape index (κ2) is 4.22. The third-order valence-electron chi connectivity index (χ3n) is 1.70. The SMILES string of the molecule is O=C(Nc1cccc(Br)n1)c1ccn[nH]1. The van der Waals surface area contributed by atoms with E-state index in [9.17, 15) is 4.79 Å². The van der Waals surface area contributed by atoms with Gasteiger partial charge in [0.05, 0.1) is 0 Å². The molecule has 15 heavy (non-hydrogen) atoms. The highest BCUT2D eigenvalue weighted by Gasteiger charge is 2.07. The lowest BCUT2D eigenvalue weighted by Crippen LogP contribution is -2.13. The van der Waals surface area contributed by atoms with Crippen molar-refractivity contribution in [1.82, 2.24) is 15.2 Å². The molecule has 1 amide bonds. The van der Waals surface area contributed by atoms with Crippen LogP contribution < -0.4 is 5.32 Å². The number of pyridine rings is 1. The summed E-state index contributed by atoms with van der Waals surface area (Å²) in [7, 11) is 0. The number of carbonyl (C=O) groups excluding carboxylic acids is 1. The zero-order chi connectivity index (χ0) is 10.7. The van der Waals surface area contributed by atoms with Gasteiger partial charge in [0.1, 0.15) is 16.1 Å². The molecule has 0 aromatic carbocycles. The summed E-state index contributed by atoms with van der Waals surface area (Å²) in [5.74, 6) is 0.224. The fraction of sp³-hybridized carbons (Fsp3) is 0. The topological polar surface area (TPSA) is 70.7 Å². The van der Waals surface area contributed by atoms with Crippen molar-refractivity contribution in [2.45, 2.75) is 0 Å². The monoisotopic (exact) mass is 266 g/mol. The van der Waals surface area contributed by atoms with E-state index in [1.165, 1.54) is 6.20 Å². The minimum atomic E-state index is -0.266. The van der Waals surface area contributed by atoms with Crippen molar-refractivity contribution in [3.05, 3.63) is 40.8 Å². The number of hydrogen-bond acceptors (Lipinski definition) is 3. The van der Waals surface area contributed by atoms with E-state index in [0.29, 0.717) is 16.1 Å². The van der Waals surface area contributed by atoms with Gasteiger partial charge in [-0.3, -0.25) is 9.89 Å². The molecule has 0 radical (unpaired) electrons. The molecule has 0 aliphatic rings. The van der Waals surface area contributed by atoms with Crippen molar-refractivity contribution in [2.24, 2.45) is 0 Å². The van der Waals surface area contributed by atoms with Gasteiger partial charge >= 0.3 is 0 Å². The Morgan fingerprint density at radius 2 is 2.27 bits per heavy atom. The third kappa shape index (κ3) is 2.41. The highest BCUT2D eigenvalue weighted by atomic mass is 79.9. The molecule has 2 rings (SSSR count). The summed E-state index contributed by atoms with van der Waals surface area (Å²) in [4.78, 5) is 15.6. The predicted octanol–water partition coefficient (Wildman–Crippen LogP) is 1.82. The molecule has 6 heteroatoms. The maximum atomic E-state index is 11.5. The largest absolute Gasteiger partial charge is 0.305 e. The maximum absolute atomic E-state index is 11.5. The molecule has 2 N–H and O–H groups in total. The van der Waals surface area contributed by atoms with Crippen LogP contribution in [-0.2, 0) is 0 Å². The second-order valence-corrected chi connectivity index (χ2v) is 3.58. The van der Waals surface area contributed by atoms with E-state index < -0.39 is 0 Å². The van der Waals surface area contributed by atoms with E-state index in [-0.39, 0.29) is 5.91 Å². The van der Waals surface area contributed by atoms with Crippen LogP contribution in [0.2, 0.25) is 0 Å². The van der Waals surface area contributed by atoms with Crippen molar-refractivity contribution >= 4 is 27.7 Å². The molecule has 0 fully saturated rings. The molecule has 2 heterocycles. The van der Waals surface area contributed by atoms with Crippen LogP contribution in [-0.4, -0.2) is 21.1 Å². The van der Waals surface area contributed by atoms with Crippen LogP contribution in [0.5, 0.6) is 0 Å². The number of hydrogen-bond donors (Lipinski definition) is 2. The Kier molecular flexibility index (Phi) is 2.77. The number of carbonyl (C=O) groups is 1. The summed E-state index contributed by atoms with van der Waals surface area (Å²) in [5, 5.41) is 8.89. The molecule has 2 aromatic heterocycles. The normalized spacial score (nSPS) is 9.93. The van der Waals surface area contributed by atoms with Crippen LogP contribution in [0.4, 0.5) is 5.82 Å². The molecule has 0 saturated carbocycles. The molecule has 0 spiro atoms. The molecule has 76 valence electrons. The lowest BCUT2D eigenvalue weighted by atomic mass is 10.4. The van der Waals surface area contributed by atoms with Gasteiger partial charge in [0.25, 0.3) is 5.91 Å². The lowest BCUT2D eigenvalue weighted by Gasteiger charge is -2.01. The zero-order valence-electron chi connectivity index (χ0n) is 7.57. The average molecular weight is 267 g/mol. The number of aromatic nitrogens is 3. The van der Waals surface area contributed by atoms with Gasteiger partial charge in [0.15, 0.2) is 0 Å². The van der Waals surface area contributed by atoms with E-state index in [0.717, 1.165) is 0 Å². The third-order valence-corrected chi connectivity index (χ3v) is 2.14. The zero-order valence-corrected chi connectivity index (χ0v) is 9.15. The Morgan fingerprint density at radius 3 is 2.93 bits per heavy atom. The number of nitrogens with zero attached hydrogens (tertiary/aromatic N) is 2. The summed E-state index contributed by atoms with van der Waals surface area (Å²) < 4.78 is 0.671. The molecule has 2 aromatic rings. The molecule has 0 bridgehead atoms. The van der Waals surface area contributed by atoms with E-state index >= 15 is 0 Å². The van der Waals surface area contributed by atoms with Crippen molar-refractivity contribution in [2.75, 3.05) is 5.32 Å². The Bertz CT molecular complexity index is 469. The van der Waals surface area contributed by atoms with Crippen molar-refractivity contribution < 1.29 is 4.79 Å². The molecule has 0 aliphatic carbocycles. The molecule has 0 aliphatic heterocycles. The number of H-pyrrole nitrogens is 1. The number of aromatic amines is 1. The van der Waals surface area contributed by atoms with E-state index in [2.05, 4.69) is 36.4 Å². The van der Waals surface area contributed by atoms with Crippen molar-refractivity contribution in [1.29, 1.82) is 0 Å². The molecule has 0 atom stereocenters. The molecular formula is C9H7BrN4O. The van der Waals surface area contributed by atoms with Crippen molar-refractivity contribution in [3.8, 4) is 0 Å². The maximum Gasteiger partial charge on any atom is 0.274 e. The van der Waals surface area contributed by atoms with Crippen LogP contribution in [0.15, 0.2) is 35.1 Å². The van der Waals surface area contributed by atoms with Crippen molar-refractivity contribution in [3.63, 3.8) is 0 Å². The summed E-state index contributed by atoms with van der Waals surface area (Å²) in [5.41, 5.74) is 0.400. The minimum Gasteiger partial charge on any atom is -0.305 e. The quantitative estimate of drug-likeness (QED) is 0.815. The number of rotatable bonds is 2. The van der Waals surface area contributed by atoms with Gasteiger partial charge in [-0.25, -0.2) is 4.98 Å². The summed E-state index contributed by atoms with van der Waals surface area (Å²) in [6.45, 7) is 0. The molecule has 0 saturated heterocycles. The standard InChI is InChI=1S/C9H7BrN4O/c10-7-2-1-3-8(12-7)13-9(15)6-4-5-11-14-6/h1-5H,(H,11,14)(H,12,13,15). The Morgan fingerprint density at radius 1 is 1.40 bits per heavy atom. The highest BCUT2D eigenvalue weighted by molar-refractivity contribution is 9.10. The Labute approximate surface area is 94.0 Å². The van der Waals surface area contributed by atoms with Crippen LogP contribution in [0.25, 0.3) is 0 Å². The van der Waals surface area contributed by atoms with E-state index in [1.54, 1.807) is 24.3 Å². The van der Waals surface area contributed by atoms with Gasteiger partial charge in [0.2, 0.25) is 0 Å². The fourth-order valence-electron chi connectivity index (χ4n) is 1.04. The smallest absolute Gasteiger partial charge is 0.274 e. The lowest BCUT2D eigenvalue weighted by molar-refractivity contribution is 0.102. The number of anilines is 1. The summed E-state index contributed by atoms with van der Waals surface area (Å²) >= 11 is 3.22. The minimum absolute atomic E-state index is 0.266. The van der Waals surface area contributed by atoms with Gasteiger partial charge in [-0.05, 0) is 34.1 Å². The second-order valence-electron chi connectivity index (χ2n) is 2.77. The van der Waals surface area contributed by atoms with Gasteiger partial charge in [-0.15, -0.1) is 0 Å². The van der Waals surface area contributed by atoms with Gasteiger partial charge in [0, 0.05) is 6.20 Å². The first-order valence-corrected chi connectivity index (χ1v) is 4.98. The van der Waals surface area contributed by atoms with E-state index in [4.69, 9.17) is 0 Å². The summed E-state index contributed by atoms with van der Waals surface area (Å²) in [6, 6.07) is 6.87. The summed E-state index contributed by atoms with van der Waals surface area (Å²) in [6.07, 6.45) is 1.52. The molecule has 5 nitrogen and oxygen atoms in total. The number of amides is 1. The first-order valence-electron chi connectivity index (χ1n) is 4.19. The van der Waals surface area contributed by atoms with E-state index in [1.807, 2.05) is 0 Å². The molecule has 0 unspecified atom stereocenters. The first kappa shape index (κ1) is 9.85. The Hall–Kier alpha value is -1.69.